The van der Waals surface area contributed by atoms with Gasteiger partial charge in [0.15, 0.2) is 11.0 Å². The second-order valence-electron chi connectivity index (χ2n) is 6.39. The standard InChI is InChI=1S/C22H18ClN5O2S/c1-30-19-8-7-16(23)13-18(19)25-20(29)14-31-22-27-26-21(15-9-11-24-12-10-15)28(22)17-5-3-2-4-6-17/h2-13H,14H2,1H3,(H,25,29). The van der Waals surface area contributed by atoms with Gasteiger partial charge in [0.25, 0.3) is 0 Å². The molecule has 1 N–H and O–H groups in total. The number of anilines is 1. The molecule has 0 bridgehead atoms. The number of nitrogens with zero attached hydrogens (tertiary/aromatic N) is 4. The van der Waals surface area contributed by atoms with Crippen LogP contribution in [0.1, 0.15) is 0 Å². The van der Waals surface area contributed by atoms with Crippen molar-refractivity contribution in [3.63, 3.8) is 0 Å². The van der Waals surface area contributed by atoms with Crippen LogP contribution in [-0.4, -0.2) is 38.5 Å². The number of ether oxygens (including phenoxy) is 1. The number of carbonyl (C=O) groups excluding carboxylic acids is 1. The fourth-order valence-corrected chi connectivity index (χ4v) is 3.88. The minimum absolute atomic E-state index is 0.136. The van der Waals surface area contributed by atoms with Crippen LogP contribution >= 0.6 is 23.4 Å². The van der Waals surface area contributed by atoms with Crippen LogP contribution in [0.4, 0.5) is 5.69 Å². The summed E-state index contributed by atoms with van der Waals surface area (Å²) in [4.78, 5) is 16.7. The van der Waals surface area contributed by atoms with Gasteiger partial charge < -0.3 is 10.1 Å². The van der Waals surface area contributed by atoms with Gasteiger partial charge in [-0.2, -0.15) is 0 Å². The van der Waals surface area contributed by atoms with Gasteiger partial charge in [-0.3, -0.25) is 14.3 Å². The highest BCUT2D eigenvalue weighted by Gasteiger charge is 2.17. The van der Waals surface area contributed by atoms with Crippen LogP contribution in [0.3, 0.4) is 0 Å². The van der Waals surface area contributed by atoms with Crippen molar-refractivity contribution in [2.24, 2.45) is 0 Å². The molecule has 2 aromatic heterocycles. The van der Waals surface area contributed by atoms with Crippen molar-refractivity contribution in [2.75, 3.05) is 18.2 Å². The summed E-state index contributed by atoms with van der Waals surface area (Å²) < 4.78 is 7.21. The van der Waals surface area contributed by atoms with E-state index in [2.05, 4.69) is 20.5 Å². The summed E-state index contributed by atoms with van der Waals surface area (Å²) in [7, 11) is 1.54. The van der Waals surface area contributed by atoms with Crippen molar-refractivity contribution in [3.8, 4) is 22.8 Å². The fourth-order valence-electron chi connectivity index (χ4n) is 2.96. The first kappa shape index (κ1) is 20.9. The molecule has 0 fully saturated rings. The van der Waals surface area contributed by atoms with E-state index in [1.807, 2.05) is 47.0 Å². The first-order chi connectivity index (χ1) is 15.2. The summed E-state index contributed by atoms with van der Waals surface area (Å²) in [6, 6.07) is 18.6. The molecular weight excluding hydrogens is 434 g/mol. The van der Waals surface area contributed by atoms with E-state index in [1.54, 1.807) is 30.6 Å². The number of hydrogen-bond donors (Lipinski definition) is 1. The molecule has 0 spiro atoms. The second-order valence-corrected chi connectivity index (χ2v) is 7.77. The topological polar surface area (TPSA) is 81.9 Å². The van der Waals surface area contributed by atoms with Crippen LogP contribution in [0, 0.1) is 0 Å². The summed E-state index contributed by atoms with van der Waals surface area (Å²) in [6.45, 7) is 0. The van der Waals surface area contributed by atoms with Crippen LogP contribution < -0.4 is 10.1 Å². The molecule has 9 heteroatoms. The smallest absolute Gasteiger partial charge is 0.234 e. The number of para-hydroxylation sites is 1. The van der Waals surface area contributed by atoms with Crippen LogP contribution in [-0.2, 0) is 4.79 Å². The van der Waals surface area contributed by atoms with Gasteiger partial charge in [0.05, 0.1) is 18.6 Å². The predicted octanol–water partition coefficient (Wildman–Crippen LogP) is 4.72. The van der Waals surface area contributed by atoms with Crippen LogP contribution in [0.25, 0.3) is 17.1 Å². The monoisotopic (exact) mass is 451 g/mol. The van der Waals surface area contributed by atoms with Crippen LogP contribution in [0.15, 0.2) is 78.2 Å². The summed E-state index contributed by atoms with van der Waals surface area (Å²) in [6.07, 6.45) is 3.41. The normalized spacial score (nSPS) is 10.6. The Morgan fingerprint density at radius 1 is 1.10 bits per heavy atom. The van der Waals surface area contributed by atoms with E-state index in [0.717, 1.165) is 11.3 Å². The first-order valence-electron chi connectivity index (χ1n) is 9.33. The molecule has 0 radical (unpaired) electrons. The molecule has 0 atom stereocenters. The number of hydrogen-bond acceptors (Lipinski definition) is 6. The highest BCUT2D eigenvalue weighted by atomic mass is 35.5. The zero-order valence-electron chi connectivity index (χ0n) is 16.5. The number of carbonyl (C=O) groups is 1. The molecule has 31 heavy (non-hydrogen) atoms. The van der Waals surface area contributed by atoms with Crippen LogP contribution in [0.5, 0.6) is 5.75 Å². The highest BCUT2D eigenvalue weighted by molar-refractivity contribution is 7.99. The zero-order valence-corrected chi connectivity index (χ0v) is 18.1. The number of amides is 1. The van der Waals surface area contributed by atoms with E-state index in [0.29, 0.717) is 27.4 Å². The Morgan fingerprint density at radius 3 is 2.61 bits per heavy atom. The Balaban J connectivity index is 1.57. The Morgan fingerprint density at radius 2 is 1.87 bits per heavy atom. The molecule has 156 valence electrons. The number of pyridine rings is 1. The number of aromatic nitrogens is 4. The predicted molar refractivity (Wildman–Crippen MR) is 122 cm³/mol. The Kier molecular flexibility index (Phi) is 6.49. The third kappa shape index (κ3) is 4.87. The molecule has 4 aromatic rings. The summed E-state index contributed by atoms with van der Waals surface area (Å²) in [5.41, 5.74) is 2.30. The molecule has 7 nitrogen and oxygen atoms in total. The van der Waals surface area contributed by atoms with E-state index < -0.39 is 0 Å². The molecule has 0 saturated heterocycles. The number of rotatable bonds is 7. The molecule has 2 aromatic carbocycles. The molecule has 0 saturated carbocycles. The van der Waals surface area contributed by atoms with Crippen molar-refractivity contribution in [1.82, 2.24) is 19.7 Å². The van der Waals surface area contributed by atoms with Crippen molar-refractivity contribution >= 4 is 35.0 Å². The van der Waals surface area contributed by atoms with E-state index in [1.165, 1.54) is 18.9 Å². The van der Waals surface area contributed by atoms with E-state index >= 15 is 0 Å². The second kappa shape index (κ2) is 9.63. The Labute approximate surface area is 188 Å². The fraction of sp³-hybridized carbons (Fsp3) is 0.0909. The Bertz CT molecular complexity index is 1190. The average Bonchev–Trinajstić information content (AvgIpc) is 3.23. The van der Waals surface area contributed by atoms with Gasteiger partial charge >= 0.3 is 0 Å². The number of benzene rings is 2. The molecular formula is C22H18ClN5O2S. The number of halogens is 1. The number of methoxy groups -OCH3 is 1. The summed E-state index contributed by atoms with van der Waals surface area (Å²) in [5.74, 6) is 1.14. The van der Waals surface area contributed by atoms with Gasteiger partial charge in [0, 0.05) is 28.7 Å². The Hall–Kier alpha value is -3.36. The zero-order chi connectivity index (χ0) is 21.6. The minimum atomic E-state index is -0.210. The maximum absolute atomic E-state index is 12.6. The molecule has 2 heterocycles. The first-order valence-corrected chi connectivity index (χ1v) is 10.7. The summed E-state index contributed by atoms with van der Waals surface area (Å²) >= 11 is 7.33. The molecule has 0 unspecified atom stereocenters. The third-order valence-corrected chi connectivity index (χ3v) is 5.52. The maximum atomic E-state index is 12.6. The minimum Gasteiger partial charge on any atom is -0.495 e. The lowest BCUT2D eigenvalue weighted by molar-refractivity contribution is -0.113. The molecule has 4 rings (SSSR count). The van der Waals surface area contributed by atoms with Gasteiger partial charge in [-0.25, -0.2) is 0 Å². The van der Waals surface area contributed by atoms with Crippen molar-refractivity contribution in [3.05, 3.63) is 78.1 Å². The van der Waals surface area contributed by atoms with E-state index in [9.17, 15) is 4.79 Å². The van der Waals surface area contributed by atoms with Gasteiger partial charge in [-0.05, 0) is 42.5 Å². The van der Waals surface area contributed by atoms with Crippen molar-refractivity contribution < 1.29 is 9.53 Å². The van der Waals surface area contributed by atoms with E-state index in [4.69, 9.17) is 16.3 Å². The SMILES string of the molecule is COc1ccc(Cl)cc1NC(=O)CSc1nnc(-c2ccncc2)n1-c1ccccc1. The number of thioether (sulfide) groups is 1. The lowest BCUT2D eigenvalue weighted by atomic mass is 10.2. The number of nitrogens with one attached hydrogen (secondary N) is 1. The van der Waals surface area contributed by atoms with Gasteiger partial charge in [0.2, 0.25) is 5.91 Å². The lowest BCUT2D eigenvalue weighted by Crippen LogP contribution is -2.15. The molecule has 1 amide bonds. The van der Waals surface area contributed by atoms with Gasteiger partial charge in [-0.1, -0.05) is 41.6 Å². The van der Waals surface area contributed by atoms with Gasteiger partial charge in [-0.15, -0.1) is 10.2 Å². The van der Waals surface area contributed by atoms with Crippen molar-refractivity contribution in [2.45, 2.75) is 5.16 Å². The third-order valence-electron chi connectivity index (χ3n) is 4.35. The summed E-state index contributed by atoms with van der Waals surface area (Å²) in [5, 5.41) is 12.6. The highest BCUT2D eigenvalue weighted by Crippen LogP contribution is 2.30. The van der Waals surface area contributed by atoms with E-state index in [-0.39, 0.29) is 11.7 Å². The molecule has 0 aliphatic heterocycles. The molecule has 0 aliphatic rings. The average molecular weight is 452 g/mol. The maximum Gasteiger partial charge on any atom is 0.234 e. The van der Waals surface area contributed by atoms with Gasteiger partial charge in [0.1, 0.15) is 5.75 Å². The molecule has 0 aliphatic carbocycles. The van der Waals surface area contributed by atoms with Crippen LogP contribution in [0.2, 0.25) is 5.02 Å². The largest absolute Gasteiger partial charge is 0.495 e. The van der Waals surface area contributed by atoms with Crippen molar-refractivity contribution in [1.29, 1.82) is 0 Å². The lowest BCUT2D eigenvalue weighted by Gasteiger charge is -2.11. The quantitative estimate of drug-likeness (QED) is 0.409.